The second-order valence-corrected chi connectivity index (χ2v) is 6.33. The van der Waals surface area contributed by atoms with Crippen molar-refractivity contribution in [2.24, 2.45) is 5.73 Å². The number of sulfonamides is 1. The van der Waals surface area contributed by atoms with Crippen molar-refractivity contribution in [1.29, 1.82) is 0 Å². The first-order valence-corrected chi connectivity index (χ1v) is 7.93. The predicted molar refractivity (Wildman–Crippen MR) is 82.0 cm³/mol. The topological polar surface area (TPSA) is 98.5 Å². The van der Waals surface area contributed by atoms with Crippen LogP contribution in [0, 0.1) is 0 Å². The molecule has 2 aromatic rings. The van der Waals surface area contributed by atoms with E-state index in [1.807, 2.05) is 0 Å². The van der Waals surface area contributed by atoms with Crippen molar-refractivity contribution in [2.45, 2.75) is 11.4 Å². The van der Waals surface area contributed by atoms with Crippen LogP contribution in [-0.2, 0) is 16.6 Å². The Kier molecular flexibility index (Phi) is 4.79. The highest BCUT2D eigenvalue weighted by Gasteiger charge is 2.15. The average Bonchev–Trinajstić information content (AvgIpc) is 2.53. The number of amides is 1. The maximum atomic E-state index is 12.2. The van der Waals surface area contributed by atoms with Crippen LogP contribution in [0.5, 0.6) is 5.75 Å². The summed E-state index contributed by atoms with van der Waals surface area (Å²) in [6.45, 7) is 0.132. The molecule has 2 rings (SSSR count). The summed E-state index contributed by atoms with van der Waals surface area (Å²) in [5, 5.41) is 0. The summed E-state index contributed by atoms with van der Waals surface area (Å²) in [5.74, 6) is 0.0213. The van der Waals surface area contributed by atoms with Crippen LogP contribution >= 0.6 is 0 Å². The van der Waals surface area contributed by atoms with Crippen LogP contribution in [0.1, 0.15) is 15.9 Å². The molecule has 7 heteroatoms. The van der Waals surface area contributed by atoms with Crippen molar-refractivity contribution >= 4 is 15.9 Å². The fourth-order valence-electron chi connectivity index (χ4n) is 1.82. The molecule has 3 N–H and O–H groups in total. The van der Waals surface area contributed by atoms with Gasteiger partial charge in [-0.3, -0.25) is 4.79 Å². The number of hydrogen-bond donors (Lipinski definition) is 2. The number of ether oxygens (including phenoxy) is 1. The van der Waals surface area contributed by atoms with E-state index in [1.54, 1.807) is 31.4 Å². The number of rotatable bonds is 6. The Morgan fingerprint density at radius 3 is 2.45 bits per heavy atom. The summed E-state index contributed by atoms with van der Waals surface area (Å²) in [6, 6.07) is 12.6. The molecule has 0 aliphatic carbocycles. The van der Waals surface area contributed by atoms with E-state index in [-0.39, 0.29) is 17.0 Å². The van der Waals surface area contributed by atoms with E-state index in [1.165, 1.54) is 24.3 Å². The Hall–Kier alpha value is -2.38. The van der Waals surface area contributed by atoms with E-state index >= 15 is 0 Å². The standard InChI is InChI=1S/C15H16N2O4S/c1-21-13-7-5-11(6-8-13)10-17-22(19,20)14-4-2-3-12(9-14)15(16)18/h2-9,17H,10H2,1H3,(H2,16,18). The van der Waals surface area contributed by atoms with Crippen molar-refractivity contribution in [3.05, 3.63) is 59.7 Å². The summed E-state index contributed by atoms with van der Waals surface area (Å²) in [5.41, 5.74) is 6.09. The molecule has 1 amide bonds. The molecule has 0 saturated heterocycles. The van der Waals surface area contributed by atoms with E-state index in [9.17, 15) is 13.2 Å². The molecule has 0 aliphatic heterocycles. The summed E-state index contributed by atoms with van der Waals surface area (Å²) in [7, 11) is -2.16. The van der Waals surface area contributed by atoms with E-state index < -0.39 is 15.9 Å². The Bertz CT molecular complexity index is 770. The first kappa shape index (κ1) is 16.0. The monoisotopic (exact) mass is 320 g/mol. The van der Waals surface area contributed by atoms with Crippen LogP contribution in [-0.4, -0.2) is 21.4 Å². The van der Waals surface area contributed by atoms with Gasteiger partial charge in [0, 0.05) is 12.1 Å². The second kappa shape index (κ2) is 6.59. The summed E-state index contributed by atoms with van der Waals surface area (Å²) in [6.07, 6.45) is 0. The van der Waals surface area contributed by atoms with Gasteiger partial charge in [-0.25, -0.2) is 13.1 Å². The smallest absolute Gasteiger partial charge is 0.248 e. The van der Waals surface area contributed by atoms with Gasteiger partial charge in [0.2, 0.25) is 15.9 Å². The molecular formula is C15H16N2O4S. The molecule has 0 radical (unpaired) electrons. The van der Waals surface area contributed by atoms with E-state index in [4.69, 9.17) is 10.5 Å². The minimum atomic E-state index is -3.72. The third-order valence-electron chi connectivity index (χ3n) is 3.05. The molecule has 2 aromatic carbocycles. The zero-order chi connectivity index (χ0) is 16.2. The molecule has 116 valence electrons. The van der Waals surface area contributed by atoms with Crippen LogP contribution in [0.2, 0.25) is 0 Å². The third kappa shape index (κ3) is 3.84. The number of nitrogens with one attached hydrogen (secondary N) is 1. The van der Waals surface area contributed by atoms with E-state index in [0.29, 0.717) is 5.75 Å². The van der Waals surface area contributed by atoms with Crippen LogP contribution in [0.3, 0.4) is 0 Å². The van der Waals surface area contributed by atoms with Crippen molar-refractivity contribution in [1.82, 2.24) is 4.72 Å². The van der Waals surface area contributed by atoms with E-state index in [0.717, 1.165) is 5.56 Å². The van der Waals surface area contributed by atoms with Gasteiger partial charge in [-0.1, -0.05) is 18.2 Å². The molecule has 22 heavy (non-hydrogen) atoms. The minimum absolute atomic E-state index is 0.00249. The molecule has 6 nitrogen and oxygen atoms in total. The van der Waals surface area contributed by atoms with Crippen molar-refractivity contribution in [2.75, 3.05) is 7.11 Å². The number of primary amides is 1. The predicted octanol–water partition coefficient (Wildman–Crippen LogP) is 1.27. The fraction of sp³-hybridized carbons (Fsp3) is 0.133. The molecule has 0 atom stereocenters. The van der Waals surface area contributed by atoms with Crippen LogP contribution in [0.25, 0.3) is 0 Å². The first-order valence-electron chi connectivity index (χ1n) is 6.45. The van der Waals surface area contributed by atoms with Gasteiger partial charge in [0.15, 0.2) is 0 Å². The molecule has 0 aliphatic rings. The Balaban J connectivity index is 2.13. The lowest BCUT2D eigenvalue weighted by molar-refractivity contribution is 0.1000. The van der Waals surface area contributed by atoms with Gasteiger partial charge < -0.3 is 10.5 Å². The second-order valence-electron chi connectivity index (χ2n) is 4.56. The Morgan fingerprint density at radius 2 is 1.86 bits per heavy atom. The molecule has 0 bridgehead atoms. The molecule has 0 heterocycles. The molecular weight excluding hydrogens is 304 g/mol. The van der Waals surface area contributed by atoms with Crippen LogP contribution in [0.4, 0.5) is 0 Å². The zero-order valence-electron chi connectivity index (χ0n) is 11.9. The highest BCUT2D eigenvalue weighted by molar-refractivity contribution is 7.89. The van der Waals surface area contributed by atoms with E-state index in [2.05, 4.69) is 4.72 Å². The number of benzene rings is 2. The normalized spacial score (nSPS) is 11.1. The quantitative estimate of drug-likeness (QED) is 0.837. The largest absolute Gasteiger partial charge is 0.497 e. The van der Waals surface area contributed by atoms with Crippen LogP contribution in [0.15, 0.2) is 53.4 Å². The van der Waals surface area contributed by atoms with Gasteiger partial charge in [-0.15, -0.1) is 0 Å². The van der Waals surface area contributed by atoms with Gasteiger partial charge in [0.25, 0.3) is 0 Å². The SMILES string of the molecule is COc1ccc(CNS(=O)(=O)c2cccc(C(N)=O)c2)cc1. The lowest BCUT2D eigenvalue weighted by atomic mass is 10.2. The van der Waals surface area contributed by atoms with Gasteiger partial charge in [-0.2, -0.15) is 0 Å². The van der Waals surface area contributed by atoms with Crippen molar-refractivity contribution in [3.8, 4) is 5.75 Å². The summed E-state index contributed by atoms with van der Waals surface area (Å²) in [4.78, 5) is 11.1. The third-order valence-corrected chi connectivity index (χ3v) is 4.45. The molecule has 0 fully saturated rings. The number of nitrogens with two attached hydrogens (primary N) is 1. The molecule has 0 unspecified atom stereocenters. The molecule has 0 aromatic heterocycles. The van der Waals surface area contributed by atoms with Crippen molar-refractivity contribution in [3.63, 3.8) is 0 Å². The highest BCUT2D eigenvalue weighted by atomic mass is 32.2. The van der Waals surface area contributed by atoms with Gasteiger partial charge >= 0.3 is 0 Å². The molecule has 0 saturated carbocycles. The lowest BCUT2D eigenvalue weighted by Gasteiger charge is -2.08. The zero-order valence-corrected chi connectivity index (χ0v) is 12.8. The number of methoxy groups -OCH3 is 1. The number of carbonyl (C=O) groups excluding carboxylic acids is 1. The van der Waals surface area contributed by atoms with Gasteiger partial charge in [0.1, 0.15) is 5.75 Å². The fourth-order valence-corrected chi connectivity index (χ4v) is 2.88. The molecule has 0 spiro atoms. The Labute approximate surface area is 129 Å². The average molecular weight is 320 g/mol. The maximum absolute atomic E-state index is 12.2. The summed E-state index contributed by atoms with van der Waals surface area (Å²) < 4.78 is 31.9. The minimum Gasteiger partial charge on any atom is -0.497 e. The maximum Gasteiger partial charge on any atom is 0.248 e. The highest BCUT2D eigenvalue weighted by Crippen LogP contribution is 2.14. The number of hydrogen-bond acceptors (Lipinski definition) is 4. The van der Waals surface area contributed by atoms with Gasteiger partial charge in [0.05, 0.1) is 12.0 Å². The summed E-state index contributed by atoms with van der Waals surface area (Å²) >= 11 is 0. The van der Waals surface area contributed by atoms with Crippen molar-refractivity contribution < 1.29 is 17.9 Å². The number of carbonyl (C=O) groups is 1. The lowest BCUT2D eigenvalue weighted by Crippen LogP contribution is -2.23. The Morgan fingerprint density at radius 1 is 1.18 bits per heavy atom. The van der Waals surface area contributed by atoms with Gasteiger partial charge in [-0.05, 0) is 35.9 Å². The first-order chi connectivity index (χ1) is 10.4. The van der Waals surface area contributed by atoms with Crippen LogP contribution < -0.4 is 15.2 Å².